The minimum Gasteiger partial charge on any atom is -0.464 e. The number of ether oxygens (including phenoxy) is 1. The van der Waals surface area contributed by atoms with Crippen LogP contribution in [0, 0.1) is 20.8 Å². The summed E-state index contributed by atoms with van der Waals surface area (Å²) in [5.41, 5.74) is 3.21. The molecule has 18 heavy (non-hydrogen) atoms. The van der Waals surface area contributed by atoms with Gasteiger partial charge in [0.1, 0.15) is 6.10 Å². The molecule has 2 atom stereocenters. The Morgan fingerprint density at radius 1 is 1.28 bits per heavy atom. The van der Waals surface area contributed by atoms with Crippen molar-refractivity contribution in [1.29, 1.82) is 0 Å². The Hall–Kier alpha value is -1.42. The Balaban J connectivity index is 3.00. The number of aryl methyl sites for hydroxylation is 3. The van der Waals surface area contributed by atoms with Crippen LogP contribution in [0.2, 0.25) is 0 Å². The fraction of sp³-hybridized carbons (Fsp3) is 0.500. The Morgan fingerprint density at radius 2 is 1.83 bits per heavy atom. The largest absolute Gasteiger partial charge is 0.464 e. The number of hydrogen-bond acceptors (Lipinski definition) is 3. The molecule has 0 spiro atoms. The smallest absolute Gasteiger partial charge is 0.343 e. The predicted octanol–water partition coefficient (Wildman–Crippen LogP) is 2.55. The van der Waals surface area contributed by atoms with Gasteiger partial charge in [-0.3, -0.25) is 0 Å². The van der Waals surface area contributed by atoms with E-state index in [2.05, 4.69) is 4.74 Å². The summed E-state index contributed by atoms with van der Waals surface area (Å²) in [7, 11) is 0. The molecular formula is C14H19FO3. The highest BCUT2D eigenvalue weighted by Gasteiger charge is 2.30. The molecule has 0 amide bonds. The number of carbonyl (C=O) groups excluding carboxylic acids is 1. The van der Waals surface area contributed by atoms with Crippen LogP contribution < -0.4 is 0 Å². The van der Waals surface area contributed by atoms with Gasteiger partial charge in [-0.15, -0.1) is 0 Å². The summed E-state index contributed by atoms with van der Waals surface area (Å²) in [5, 5.41) is 9.91. The van der Waals surface area contributed by atoms with Crippen molar-refractivity contribution < 1.29 is 19.0 Å². The zero-order valence-electron chi connectivity index (χ0n) is 11.2. The first kappa shape index (κ1) is 14.6. The predicted molar refractivity (Wildman–Crippen MR) is 67.1 cm³/mol. The van der Waals surface area contributed by atoms with Gasteiger partial charge < -0.3 is 9.84 Å². The molecule has 0 heterocycles. The second kappa shape index (κ2) is 5.96. The summed E-state index contributed by atoms with van der Waals surface area (Å²) in [6.07, 6.45) is -3.53. The molecule has 1 rings (SSSR count). The summed E-state index contributed by atoms with van der Waals surface area (Å²) in [5.74, 6) is -1.03. The number of alkyl halides is 1. The normalized spacial score (nSPS) is 14.1. The van der Waals surface area contributed by atoms with E-state index >= 15 is 0 Å². The molecule has 1 aromatic carbocycles. The fourth-order valence-electron chi connectivity index (χ4n) is 1.81. The van der Waals surface area contributed by atoms with Crippen LogP contribution in [0.15, 0.2) is 12.1 Å². The zero-order chi connectivity index (χ0) is 13.9. The van der Waals surface area contributed by atoms with E-state index in [1.807, 2.05) is 19.9 Å². The topological polar surface area (TPSA) is 46.5 Å². The highest BCUT2D eigenvalue weighted by molar-refractivity contribution is 5.75. The van der Waals surface area contributed by atoms with Gasteiger partial charge in [0.05, 0.1) is 6.61 Å². The number of halogens is 1. The average molecular weight is 254 g/mol. The van der Waals surface area contributed by atoms with Gasteiger partial charge in [0.2, 0.25) is 6.17 Å². The average Bonchev–Trinajstić information content (AvgIpc) is 2.32. The van der Waals surface area contributed by atoms with Crippen LogP contribution in [-0.2, 0) is 9.53 Å². The lowest BCUT2D eigenvalue weighted by molar-refractivity contribution is -0.153. The minimum absolute atomic E-state index is 0.0951. The molecular weight excluding hydrogens is 235 g/mol. The number of carbonyl (C=O) groups is 1. The van der Waals surface area contributed by atoms with Crippen LogP contribution >= 0.6 is 0 Å². The third-order valence-electron chi connectivity index (χ3n) is 2.99. The summed E-state index contributed by atoms with van der Waals surface area (Å²) < 4.78 is 18.3. The Morgan fingerprint density at radius 3 is 2.39 bits per heavy atom. The molecule has 0 aliphatic rings. The monoisotopic (exact) mass is 254 g/mol. The van der Waals surface area contributed by atoms with Gasteiger partial charge in [-0.1, -0.05) is 12.1 Å². The second-order valence-corrected chi connectivity index (χ2v) is 4.39. The maximum absolute atomic E-state index is 13.8. The number of esters is 1. The van der Waals surface area contributed by atoms with Crippen molar-refractivity contribution in [2.75, 3.05) is 6.61 Å². The van der Waals surface area contributed by atoms with Crippen LogP contribution in [0.3, 0.4) is 0 Å². The third-order valence-corrected chi connectivity index (χ3v) is 2.99. The van der Waals surface area contributed by atoms with E-state index in [9.17, 15) is 14.3 Å². The molecule has 0 bridgehead atoms. The molecule has 4 heteroatoms. The highest BCUT2D eigenvalue weighted by Crippen LogP contribution is 2.26. The molecule has 0 aromatic heterocycles. The summed E-state index contributed by atoms with van der Waals surface area (Å²) in [6.45, 7) is 7.29. The molecule has 0 radical (unpaired) electrons. The maximum atomic E-state index is 13.8. The number of benzene rings is 1. The number of rotatable bonds is 4. The SMILES string of the molecule is CCOC(=O)C(F)C(O)c1cc(C)c(C)cc1C. The van der Waals surface area contributed by atoms with Gasteiger partial charge >= 0.3 is 5.97 Å². The molecule has 100 valence electrons. The van der Waals surface area contributed by atoms with Gasteiger partial charge in [0.15, 0.2) is 0 Å². The lowest BCUT2D eigenvalue weighted by Crippen LogP contribution is -2.26. The molecule has 0 aliphatic carbocycles. The van der Waals surface area contributed by atoms with Crippen molar-refractivity contribution in [2.45, 2.75) is 40.0 Å². The maximum Gasteiger partial charge on any atom is 0.343 e. The molecule has 1 N–H and O–H groups in total. The summed E-state index contributed by atoms with van der Waals surface area (Å²) in [4.78, 5) is 11.3. The number of aliphatic hydroxyl groups excluding tert-OH is 1. The van der Waals surface area contributed by atoms with E-state index < -0.39 is 18.2 Å². The summed E-state index contributed by atoms with van der Waals surface area (Å²) >= 11 is 0. The Kier molecular flexibility index (Phi) is 4.84. The first-order valence-corrected chi connectivity index (χ1v) is 5.95. The van der Waals surface area contributed by atoms with Crippen LogP contribution in [-0.4, -0.2) is 23.9 Å². The molecule has 0 saturated carbocycles. The molecule has 1 aromatic rings. The van der Waals surface area contributed by atoms with Crippen molar-refractivity contribution >= 4 is 5.97 Å². The lowest BCUT2D eigenvalue weighted by Gasteiger charge is -2.18. The molecule has 2 unspecified atom stereocenters. The van der Waals surface area contributed by atoms with Gasteiger partial charge in [-0.05, 0) is 49.9 Å². The lowest BCUT2D eigenvalue weighted by atomic mass is 9.95. The molecule has 0 fully saturated rings. The van der Waals surface area contributed by atoms with Crippen molar-refractivity contribution in [2.24, 2.45) is 0 Å². The summed E-state index contributed by atoms with van der Waals surface area (Å²) in [6, 6.07) is 3.58. The van der Waals surface area contributed by atoms with Crippen LogP contribution in [0.5, 0.6) is 0 Å². The molecule has 0 aliphatic heterocycles. The van der Waals surface area contributed by atoms with Crippen LogP contribution in [0.1, 0.15) is 35.3 Å². The van der Waals surface area contributed by atoms with Crippen molar-refractivity contribution in [3.05, 3.63) is 34.4 Å². The van der Waals surface area contributed by atoms with Gasteiger partial charge in [-0.2, -0.15) is 0 Å². The number of aliphatic hydroxyl groups is 1. The van der Waals surface area contributed by atoms with Crippen molar-refractivity contribution in [3.63, 3.8) is 0 Å². The van der Waals surface area contributed by atoms with E-state index in [-0.39, 0.29) is 6.61 Å². The molecule has 0 saturated heterocycles. The van der Waals surface area contributed by atoms with Crippen molar-refractivity contribution in [3.8, 4) is 0 Å². The third kappa shape index (κ3) is 3.07. The van der Waals surface area contributed by atoms with Gasteiger partial charge in [0, 0.05) is 0 Å². The van der Waals surface area contributed by atoms with Gasteiger partial charge in [-0.25, -0.2) is 9.18 Å². The first-order valence-electron chi connectivity index (χ1n) is 5.95. The Labute approximate surface area is 107 Å². The van der Waals surface area contributed by atoms with Crippen LogP contribution in [0.25, 0.3) is 0 Å². The van der Waals surface area contributed by atoms with E-state index in [1.54, 1.807) is 19.9 Å². The van der Waals surface area contributed by atoms with Crippen molar-refractivity contribution in [1.82, 2.24) is 0 Å². The van der Waals surface area contributed by atoms with E-state index in [0.29, 0.717) is 5.56 Å². The molecule has 3 nitrogen and oxygen atoms in total. The van der Waals surface area contributed by atoms with Crippen LogP contribution in [0.4, 0.5) is 4.39 Å². The quantitative estimate of drug-likeness (QED) is 0.840. The van der Waals surface area contributed by atoms with Gasteiger partial charge in [0.25, 0.3) is 0 Å². The van der Waals surface area contributed by atoms with E-state index in [1.165, 1.54) is 0 Å². The highest BCUT2D eigenvalue weighted by atomic mass is 19.1. The Bertz CT molecular complexity index is 443. The minimum atomic E-state index is -2.05. The van der Waals surface area contributed by atoms with E-state index in [4.69, 9.17) is 0 Å². The fourth-order valence-corrected chi connectivity index (χ4v) is 1.81. The van der Waals surface area contributed by atoms with E-state index in [0.717, 1.165) is 16.7 Å². The first-order chi connectivity index (χ1) is 8.38. The second-order valence-electron chi connectivity index (χ2n) is 4.39. The standard InChI is InChI=1S/C14H19FO3/c1-5-18-14(17)12(15)13(16)11-7-9(3)8(2)6-10(11)4/h6-7,12-13,16H,5H2,1-4H3. The number of hydrogen-bond donors (Lipinski definition) is 1. The zero-order valence-corrected chi connectivity index (χ0v) is 11.2.